The zero-order valence-electron chi connectivity index (χ0n) is 16.3. The van der Waals surface area contributed by atoms with Crippen LogP contribution in [0.2, 0.25) is 0 Å². The van der Waals surface area contributed by atoms with Crippen molar-refractivity contribution in [3.8, 4) is 17.2 Å². The van der Waals surface area contributed by atoms with E-state index in [9.17, 15) is 4.79 Å². The summed E-state index contributed by atoms with van der Waals surface area (Å²) < 4.78 is 12.9. The first-order chi connectivity index (χ1) is 13.6. The highest BCUT2D eigenvalue weighted by Gasteiger charge is 2.12. The minimum absolute atomic E-state index is 0.108. The second-order valence-electron chi connectivity index (χ2n) is 6.55. The number of carbonyl (C=O) groups is 1. The van der Waals surface area contributed by atoms with Crippen LogP contribution in [-0.2, 0) is 4.79 Å². The molecule has 1 aromatic heterocycles. The molecule has 0 aliphatic heterocycles. The quantitative estimate of drug-likeness (QED) is 0.643. The third-order valence-corrected chi connectivity index (χ3v) is 4.15. The molecule has 0 bridgehead atoms. The number of nitrogens with zero attached hydrogens (tertiary/aromatic N) is 3. The summed E-state index contributed by atoms with van der Waals surface area (Å²) in [7, 11) is 0. The molecule has 0 atom stereocenters. The van der Waals surface area contributed by atoms with E-state index in [1.807, 2.05) is 37.3 Å². The third-order valence-electron chi connectivity index (χ3n) is 4.15. The largest absolute Gasteiger partial charge is 0.494 e. The lowest BCUT2D eigenvalue weighted by atomic mass is 10.0. The summed E-state index contributed by atoms with van der Waals surface area (Å²) in [5.74, 6) is 1.48. The minimum Gasteiger partial charge on any atom is -0.494 e. The molecular weight excluding hydrogens is 356 g/mol. The average molecular weight is 380 g/mol. The van der Waals surface area contributed by atoms with Crippen LogP contribution in [0.4, 0.5) is 5.69 Å². The normalized spacial score (nSPS) is 10.7. The summed E-state index contributed by atoms with van der Waals surface area (Å²) >= 11 is 0. The van der Waals surface area contributed by atoms with E-state index in [-0.39, 0.29) is 12.5 Å². The number of hydrogen-bond donors (Lipinski definition) is 1. The number of benzene rings is 2. The number of ether oxygens (including phenoxy) is 2. The smallest absolute Gasteiger partial charge is 0.262 e. The summed E-state index contributed by atoms with van der Waals surface area (Å²) in [5.41, 5.74) is 2.64. The Morgan fingerprint density at radius 1 is 1.07 bits per heavy atom. The van der Waals surface area contributed by atoms with Crippen molar-refractivity contribution in [2.75, 3.05) is 18.5 Å². The number of hydrogen-bond acceptors (Lipinski definition) is 5. The third kappa shape index (κ3) is 4.88. The van der Waals surface area contributed by atoms with E-state index in [0.717, 1.165) is 17.0 Å². The van der Waals surface area contributed by atoms with Crippen molar-refractivity contribution < 1.29 is 14.3 Å². The number of carbonyl (C=O) groups excluding carboxylic acids is 1. The van der Waals surface area contributed by atoms with Crippen molar-refractivity contribution in [2.24, 2.45) is 0 Å². The number of nitrogens with one attached hydrogen (secondary N) is 1. The van der Waals surface area contributed by atoms with Gasteiger partial charge in [0.25, 0.3) is 5.91 Å². The van der Waals surface area contributed by atoms with Gasteiger partial charge in [-0.1, -0.05) is 19.9 Å². The molecule has 1 heterocycles. The molecule has 0 spiro atoms. The van der Waals surface area contributed by atoms with Crippen molar-refractivity contribution in [2.45, 2.75) is 26.7 Å². The Labute approximate surface area is 164 Å². The maximum atomic E-state index is 12.3. The fourth-order valence-electron chi connectivity index (χ4n) is 2.68. The average Bonchev–Trinajstić information content (AvgIpc) is 3.22. The van der Waals surface area contributed by atoms with Crippen molar-refractivity contribution in [1.82, 2.24) is 14.8 Å². The minimum atomic E-state index is -0.244. The van der Waals surface area contributed by atoms with Crippen molar-refractivity contribution in [3.05, 3.63) is 60.7 Å². The molecule has 0 fully saturated rings. The molecule has 2 aromatic carbocycles. The Hall–Kier alpha value is -3.35. The zero-order valence-corrected chi connectivity index (χ0v) is 16.3. The standard InChI is InChI=1S/C21H24N4O3/c1-4-27-18-8-6-17(7-9-18)24-21(26)12-28-20-10-5-16(15(2)3)11-19(20)25-13-22-23-14-25/h5-11,13-15H,4,12H2,1-3H3,(H,24,26). The molecule has 0 saturated carbocycles. The number of anilines is 1. The van der Waals surface area contributed by atoms with Crippen LogP contribution in [0, 0.1) is 0 Å². The number of rotatable bonds is 8. The monoisotopic (exact) mass is 380 g/mol. The highest BCUT2D eigenvalue weighted by Crippen LogP contribution is 2.27. The van der Waals surface area contributed by atoms with Crippen molar-refractivity contribution >= 4 is 11.6 Å². The maximum absolute atomic E-state index is 12.3. The van der Waals surface area contributed by atoms with Crippen LogP contribution in [-0.4, -0.2) is 33.9 Å². The van der Waals surface area contributed by atoms with Crippen LogP contribution in [0.5, 0.6) is 11.5 Å². The molecule has 1 N–H and O–H groups in total. The van der Waals surface area contributed by atoms with Crippen LogP contribution in [0.3, 0.4) is 0 Å². The lowest BCUT2D eigenvalue weighted by molar-refractivity contribution is -0.118. The Morgan fingerprint density at radius 3 is 2.43 bits per heavy atom. The second kappa shape index (κ2) is 9.03. The second-order valence-corrected chi connectivity index (χ2v) is 6.55. The van der Waals surface area contributed by atoms with Gasteiger partial charge in [-0.05, 0) is 54.8 Å². The van der Waals surface area contributed by atoms with E-state index in [2.05, 4.69) is 29.4 Å². The predicted octanol–water partition coefficient (Wildman–Crippen LogP) is 3.81. The first kappa shape index (κ1) is 19.4. The highest BCUT2D eigenvalue weighted by molar-refractivity contribution is 5.92. The summed E-state index contributed by atoms with van der Waals surface area (Å²) in [6.07, 6.45) is 3.21. The summed E-state index contributed by atoms with van der Waals surface area (Å²) in [6, 6.07) is 13.1. The van der Waals surface area contributed by atoms with Crippen molar-refractivity contribution in [3.63, 3.8) is 0 Å². The van der Waals surface area contributed by atoms with Gasteiger partial charge in [-0.2, -0.15) is 0 Å². The summed E-state index contributed by atoms with van der Waals surface area (Å²) in [4.78, 5) is 12.3. The topological polar surface area (TPSA) is 78.3 Å². The summed E-state index contributed by atoms with van der Waals surface area (Å²) in [6.45, 7) is 6.66. The Balaban J connectivity index is 1.67. The highest BCUT2D eigenvalue weighted by atomic mass is 16.5. The fourth-order valence-corrected chi connectivity index (χ4v) is 2.68. The van der Waals surface area contributed by atoms with Gasteiger partial charge in [0.15, 0.2) is 6.61 Å². The molecular formula is C21H24N4O3. The maximum Gasteiger partial charge on any atom is 0.262 e. The van der Waals surface area contributed by atoms with Crippen LogP contribution in [0.25, 0.3) is 5.69 Å². The molecule has 7 nitrogen and oxygen atoms in total. The van der Waals surface area contributed by atoms with Gasteiger partial charge in [0, 0.05) is 5.69 Å². The number of amides is 1. The van der Waals surface area contributed by atoms with E-state index in [1.165, 1.54) is 0 Å². The molecule has 0 aliphatic carbocycles. The molecule has 1 amide bonds. The molecule has 3 rings (SSSR count). The molecule has 0 unspecified atom stereocenters. The summed E-state index contributed by atoms with van der Waals surface area (Å²) in [5, 5.41) is 10.5. The SMILES string of the molecule is CCOc1ccc(NC(=O)COc2ccc(C(C)C)cc2-n2cnnc2)cc1. The molecule has 0 radical (unpaired) electrons. The lowest BCUT2D eigenvalue weighted by Gasteiger charge is -2.15. The van der Waals surface area contributed by atoms with Gasteiger partial charge in [-0.3, -0.25) is 9.36 Å². The van der Waals surface area contributed by atoms with Gasteiger partial charge in [0.05, 0.1) is 12.3 Å². The fraction of sp³-hybridized carbons (Fsp3) is 0.286. The van der Waals surface area contributed by atoms with Crippen LogP contribution < -0.4 is 14.8 Å². The van der Waals surface area contributed by atoms with Gasteiger partial charge >= 0.3 is 0 Å². The van der Waals surface area contributed by atoms with Crippen LogP contribution >= 0.6 is 0 Å². The molecule has 28 heavy (non-hydrogen) atoms. The van der Waals surface area contributed by atoms with Crippen molar-refractivity contribution in [1.29, 1.82) is 0 Å². The predicted molar refractivity (Wildman–Crippen MR) is 107 cm³/mol. The first-order valence-electron chi connectivity index (χ1n) is 9.21. The lowest BCUT2D eigenvalue weighted by Crippen LogP contribution is -2.20. The molecule has 7 heteroatoms. The molecule has 146 valence electrons. The van der Waals surface area contributed by atoms with Gasteiger partial charge in [-0.15, -0.1) is 10.2 Å². The van der Waals surface area contributed by atoms with E-state index in [0.29, 0.717) is 24.0 Å². The van der Waals surface area contributed by atoms with E-state index in [4.69, 9.17) is 9.47 Å². The number of aromatic nitrogens is 3. The van der Waals surface area contributed by atoms with Gasteiger partial charge < -0.3 is 14.8 Å². The Bertz CT molecular complexity index is 906. The Morgan fingerprint density at radius 2 is 1.79 bits per heavy atom. The molecule has 0 saturated heterocycles. The van der Waals surface area contributed by atoms with E-state index >= 15 is 0 Å². The molecule has 3 aromatic rings. The Kier molecular flexibility index (Phi) is 6.26. The first-order valence-corrected chi connectivity index (χ1v) is 9.21. The van der Waals surface area contributed by atoms with Gasteiger partial charge in [0.2, 0.25) is 0 Å². The van der Waals surface area contributed by atoms with Crippen LogP contribution in [0.1, 0.15) is 32.3 Å². The molecule has 0 aliphatic rings. The van der Waals surface area contributed by atoms with Crippen LogP contribution in [0.15, 0.2) is 55.1 Å². The zero-order chi connectivity index (χ0) is 19.9. The van der Waals surface area contributed by atoms with E-state index < -0.39 is 0 Å². The van der Waals surface area contributed by atoms with E-state index in [1.54, 1.807) is 29.4 Å². The van der Waals surface area contributed by atoms with Gasteiger partial charge in [0.1, 0.15) is 24.2 Å². The van der Waals surface area contributed by atoms with Gasteiger partial charge in [-0.25, -0.2) is 0 Å².